The standard InChI is InChI=1S/C33H35N5O3/c1-19-8-10-26(20(2)13-19)32(27-7-5-6-12-35-27)36-30(39)15-23-9-11-28-24(14-23)16-29(40-28)33(38-17-25(34)18-38)31-21(3)37-41-22(31)4/h5-14,16,25,32-33H,15,17-18,34H2,1-4H3,(H,36,39). The number of rotatable bonds is 8. The molecule has 5 aromatic rings. The first-order chi connectivity index (χ1) is 19.8. The van der Waals surface area contributed by atoms with Gasteiger partial charge in [0.25, 0.3) is 0 Å². The van der Waals surface area contributed by atoms with Crippen LogP contribution in [0.5, 0.6) is 0 Å². The molecule has 1 fully saturated rings. The number of fused-ring (bicyclic) bond motifs is 1. The van der Waals surface area contributed by atoms with Gasteiger partial charge in [-0.2, -0.15) is 0 Å². The lowest BCUT2D eigenvalue weighted by Crippen LogP contribution is -2.56. The molecule has 0 radical (unpaired) electrons. The summed E-state index contributed by atoms with van der Waals surface area (Å²) in [5.41, 5.74) is 13.8. The van der Waals surface area contributed by atoms with Crippen LogP contribution >= 0.6 is 0 Å². The number of aryl methyl sites for hydroxylation is 4. The molecular weight excluding hydrogens is 514 g/mol. The molecule has 0 spiro atoms. The summed E-state index contributed by atoms with van der Waals surface area (Å²) in [4.78, 5) is 20.2. The molecule has 1 saturated heterocycles. The third-order valence-corrected chi connectivity index (χ3v) is 7.92. The Morgan fingerprint density at radius 3 is 2.59 bits per heavy atom. The van der Waals surface area contributed by atoms with Crippen molar-refractivity contribution in [1.29, 1.82) is 0 Å². The smallest absolute Gasteiger partial charge is 0.225 e. The van der Waals surface area contributed by atoms with E-state index in [1.807, 2.05) is 50.2 Å². The number of furan rings is 1. The zero-order chi connectivity index (χ0) is 28.7. The minimum atomic E-state index is -0.340. The molecule has 1 aliphatic heterocycles. The predicted octanol–water partition coefficient (Wildman–Crippen LogP) is 5.23. The molecule has 3 N–H and O–H groups in total. The molecular formula is C33H35N5O3. The van der Waals surface area contributed by atoms with Gasteiger partial charge >= 0.3 is 0 Å². The topological polar surface area (TPSA) is 110 Å². The molecule has 2 atom stereocenters. The lowest BCUT2D eigenvalue weighted by Gasteiger charge is -2.41. The number of nitrogens with one attached hydrogen (secondary N) is 1. The number of benzene rings is 2. The van der Waals surface area contributed by atoms with E-state index in [0.29, 0.717) is 0 Å². The molecule has 8 nitrogen and oxygen atoms in total. The highest BCUT2D eigenvalue weighted by atomic mass is 16.5. The average Bonchev–Trinajstić information content (AvgIpc) is 3.50. The van der Waals surface area contributed by atoms with Crippen LogP contribution in [0.15, 0.2) is 75.8 Å². The van der Waals surface area contributed by atoms with Crippen molar-refractivity contribution in [3.8, 4) is 0 Å². The second-order valence-electron chi connectivity index (χ2n) is 11.2. The minimum absolute atomic E-state index is 0.0770. The summed E-state index contributed by atoms with van der Waals surface area (Å²) in [5.74, 6) is 1.51. The Morgan fingerprint density at radius 2 is 1.90 bits per heavy atom. The zero-order valence-electron chi connectivity index (χ0n) is 23.8. The number of likely N-dealkylation sites (tertiary alicyclic amines) is 1. The van der Waals surface area contributed by atoms with Gasteiger partial charge in [0.2, 0.25) is 5.91 Å². The third-order valence-electron chi connectivity index (χ3n) is 7.92. The third kappa shape index (κ3) is 5.40. The monoisotopic (exact) mass is 549 g/mol. The molecule has 1 aliphatic rings. The van der Waals surface area contributed by atoms with Gasteiger partial charge in [-0.1, -0.05) is 41.1 Å². The van der Waals surface area contributed by atoms with Gasteiger partial charge in [-0.15, -0.1) is 0 Å². The fraction of sp³-hybridized carbons (Fsp3) is 0.303. The Balaban J connectivity index is 1.26. The Labute approximate surface area is 239 Å². The van der Waals surface area contributed by atoms with E-state index < -0.39 is 0 Å². The van der Waals surface area contributed by atoms with Crippen molar-refractivity contribution in [3.63, 3.8) is 0 Å². The highest BCUT2D eigenvalue weighted by molar-refractivity contribution is 5.83. The van der Waals surface area contributed by atoms with Crippen LogP contribution in [-0.2, 0) is 11.2 Å². The van der Waals surface area contributed by atoms with Crippen LogP contribution in [0.25, 0.3) is 11.0 Å². The van der Waals surface area contributed by atoms with E-state index in [1.165, 1.54) is 5.56 Å². The van der Waals surface area contributed by atoms with E-state index in [0.717, 1.165) is 69.2 Å². The molecule has 8 heteroatoms. The maximum Gasteiger partial charge on any atom is 0.225 e. The van der Waals surface area contributed by atoms with Crippen LogP contribution in [0.2, 0.25) is 0 Å². The normalized spacial score (nSPS) is 15.5. The van der Waals surface area contributed by atoms with Gasteiger partial charge in [-0.25, -0.2) is 0 Å². The highest BCUT2D eigenvalue weighted by Crippen LogP contribution is 2.38. The van der Waals surface area contributed by atoms with E-state index >= 15 is 0 Å². The number of carbonyl (C=O) groups is 1. The number of nitrogens with two attached hydrogens (primary N) is 1. The fourth-order valence-electron chi connectivity index (χ4n) is 5.91. The van der Waals surface area contributed by atoms with Crippen molar-refractivity contribution in [1.82, 2.24) is 20.4 Å². The average molecular weight is 550 g/mol. The van der Waals surface area contributed by atoms with Gasteiger partial charge in [-0.3, -0.25) is 14.7 Å². The van der Waals surface area contributed by atoms with E-state index in [2.05, 4.69) is 58.5 Å². The first-order valence-corrected chi connectivity index (χ1v) is 14.0. The number of amides is 1. The van der Waals surface area contributed by atoms with Crippen LogP contribution in [-0.4, -0.2) is 40.1 Å². The van der Waals surface area contributed by atoms with Crippen molar-refractivity contribution in [2.24, 2.45) is 5.73 Å². The first kappa shape index (κ1) is 26.9. The highest BCUT2D eigenvalue weighted by Gasteiger charge is 2.37. The molecule has 0 bridgehead atoms. The number of pyridine rings is 1. The maximum atomic E-state index is 13.4. The number of hydrogen-bond donors (Lipinski definition) is 2. The van der Waals surface area contributed by atoms with Crippen molar-refractivity contribution in [3.05, 3.63) is 118 Å². The maximum absolute atomic E-state index is 13.4. The Morgan fingerprint density at radius 1 is 1.07 bits per heavy atom. The van der Waals surface area contributed by atoms with Crippen molar-refractivity contribution >= 4 is 16.9 Å². The molecule has 1 amide bonds. The summed E-state index contributed by atoms with van der Waals surface area (Å²) in [7, 11) is 0. The van der Waals surface area contributed by atoms with E-state index in [4.69, 9.17) is 14.7 Å². The van der Waals surface area contributed by atoms with Gasteiger partial charge in [0, 0.05) is 36.3 Å². The molecule has 2 unspecified atom stereocenters. The molecule has 0 saturated carbocycles. The SMILES string of the molecule is Cc1ccc(C(NC(=O)Cc2ccc3oc(C(c4c(C)noc4C)N4CC(N)C4)cc3c2)c2ccccn2)c(C)c1. The van der Waals surface area contributed by atoms with Gasteiger partial charge < -0.3 is 20.0 Å². The summed E-state index contributed by atoms with van der Waals surface area (Å²) in [6.45, 7) is 9.56. The number of carbonyl (C=O) groups excluding carboxylic acids is 1. The van der Waals surface area contributed by atoms with Crippen molar-refractivity contribution < 1.29 is 13.7 Å². The van der Waals surface area contributed by atoms with Crippen LogP contribution in [0.4, 0.5) is 0 Å². The van der Waals surface area contributed by atoms with Crippen molar-refractivity contribution in [2.75, 3.05) is 13.1 Å². The summed E-state index contributed by atoms with van der Waals surface area (Å²) in [5, 5.41) is 8.36. The lowest BCUT2D eigenvalue weighted by atomic mass is 9.96. The van der Waals surface area contributed by atoms with Crippen LogP contribution in [0.3, 0.4) is 0 Å². The van der Waals surface area contributed by atoms with Crippen molar-refractivity contribution in [2.45, 2.75) is 52.2 Å². The molecule has 41 heavy (non-hydrogen) atoms. The van der Waals surface area contributed by atoms with Crippen LogP contribution < -0.4 is 11.1 Å². The molecule has 3 aromatic heterocycles. The molecule has 210 valence electrons. The second kappa shape index (κ2) is 11.0. The van der Waals surface area contributed by atoms with Crippen LogP contribution in [0.1, 0.15) is 62.8 Å². The Bertz CT molecular complexity index is 1680. The summed E-state index contributed by atoms with van der Waals surface area (Å²) in [6.07, 6.45) is 1.99. The predicted molar refractivity (Wildman–Crippen MR) is 157 cm³/mol. The quantitative estimate of drug-likeness (QED) is 0.273. The second-order valence-corrected chi connectivity index (χ2v) is 11.2. The Kier molecular flexibility index (Phi) is 7.19. The fourth-order valence-corrected chi connectivity index (χ4v) is 5.91. The van der Waals surface area contributed by atoms with Gasteiger partial charge in [-0.05, 0) is 74.7 Å². The van der Waals surface area contributed by atoms with E-state index in [-0.39, 0.29) is 30.5 Å². The van der Waals surface area contributed by atoms with Gasteiger partial charge in [0.15, 0.2) is 0 Å². The largest absolute Gasteiger partial charge is 0.459 e. The molecule has 2 aromatic carbocycles. The Hall–Kier alpha value is -4.27. The van der Waals surface area contributed by atoms with E-state index in [9.17, 15) is 4.79 Å². The summed E-state index contributed by atoms with van der Waals surface area (Å²) < 4.78 is 11.8. The van der Waals surface area contributed by atoms with E-state index in [1.54, 1.807) is 6.20 Å². The lowest BCUT2D eigenvalue weighted by molar-refractivity contribution is -0.121. The first-order valence-electron chi connectivity index (χ1n) is 14.0. The van der Waals surface area contributed by atoms with Gasteiger partial charge in [0.05, 0.1) is 29.9 Å². The summed E-state index contributed by atoms with van der Waals surface area (Å²) in [6, 6.07) is 19.7. The summed E-state index contributed by atoms with van der Waals surface area (Å²) >= 11 is 0. The molecule has 4 heterocycles. The van der Waals surface area contributed by atoms with Crippen LogP contribution in [0, 0.1) is 27.7 Å². The number of hydrogen-bond acceptors (Lipinski definition) is 7. The minimum Gasteiger partial charge on any atom is -0.459 e. The molecule has 6 rings (SSSR count). The molecule has 0 aliphatic carbocycles. The zero-order valence-corrected chi connectivity index (χ0v) is 23.8. The number of aromatic nitrogens is 2. The van der Waals surface area contributed by atoms with Gasteiger partial charge in [0.1, 0.15) is 17.1 Å². The number of nitrogens with zero attached hydrogens (tertiary/aromatic N) is 3.